The second-order valence-corrected chi connectivity index (χ2v) is 6.80. The largest absolute Gasteiger partial charge is 0.384 e. The van der Waals surface area contributed by atoms with Gasteiger partial charge in [0.25, 0.3) is 0 Å². The molecule has 0 spiro atoms. The Labute approximate surface area is 135 Å². The highest BCUT2D eigenvalue weighted by atomic mass is 16.5. The van der Waals surface area contributed by atoms with E-state index >= 15 is 0 Å². The van der Waals surface area contributed by atoms with E-state index in [0.29, 0.717) is 12.5 Å². The van der Waals surface area contributed by atoms with Crippen LogP contribution < -0.4 is 0 Å². The molecule has 1 saturated carbocycles. The molecule has 4 rings (SSSR count). The van der Waals surface area contributed by atoms with Crippen molar-refractivity contribution < 1.29 is 9.26 Å². The number of fused-ring (bicyclic) bond motifs is 1. The molecule has 7 heteroatoms. The van der Waals surface area contributed by atoms with Gasteiger partial charge in [0.2, 0.25) is 0 Å². The number of rotatable bonds is 6. The maximum atomic E-state index is 5.46. The van der Waals surface area contributed by atoms with Gasteiger partial charge in [0.15, 0.2) is 0 Å². The summed E-state index contributed by atoms with van der Waals surface area (Å²) >= 11 is 0. The molecule has 1 unspecified atom stereocenters. The van der Waals surface area contributed by atoms with E-state index in [0.717, 1.165) is 49.2 Å². The third kappa shape index (κ3) is 3.16. The van der Waals surface area contributed by atoms with E-state index in [1.165, 1.54) is 18.5 Å². The van der Waals surface area contributed by atoms with E-state index in [4.69, 9.17) is 9.26 Å². The van der Waals surface area contributed by atoms with E-state index in [1.807, 2.05) is 13.0 Å². The van der Waals surface area contributed by atoms with Crippen molar-refractivity contribution in [1.29, 1.82) is 0 Å². The van der Waals surface area contributed by atoms with Crippen LogP contribution in [-0.4, -0.2) is 45.3 Å². The molecule has 0 saturated heterocycles. The van der Waals surface area contributed by atoms with Crippen LogP contribution in [-0.2, 0) is 24.4 Å². The molecule has 2 aromatic heterocycles. The Hall–Kier alpha value is -1.73. The summed E-state index contributed by atoms with van der Waals surface area (Å²) in [7, 11) is 1.76. The number of aromatic nitrogens is 4. The fourth-order valence-corrected chi connectivity index (χ4v) is 3.44. The van der Waals surface area contributed by atoms with Crippen LogP contribution in [0.2, 0.25) is 0 Å². The Morgan fingerprint density at radius 2 is 2.26 bits per heavy atom. The van der Waals surface area contributed by atoms with Crippen LogP contribution in [0.3, 0.4) is 0 Å². The lowest BCUT2D eigenvalue weighted by Crippen LogP contribution is -2.36. The molecule has 0 bridgehead atoms. The van der Waals surface area contributed by atoms with Gasteiger partial charge in [-0.1, -0.05) is 10.4 Å². The molecule has 7 nitrogen and oxygen atoms in total. The zero-order chi connectivity index (χ0) is 15.8. The molecule has 1 atom stereocenters. The van der Waals surface area contributed by atoms with Crippen LogP contribution in [0.1, 0.15) is 41.6 Å². The highest BCUT2D eigenvalue weighted by molar-refractivity contribution is 5.20. The van der Waals surface area contributed by atoms with Gasteiger partial charge in [-0.15, -0.1) is 5.10 Å². The number of aryl methyl sites for hydroxylation is 1. The van der Waals surface area contributed by atoms with E-state index in [1.54, 1.807) is 7.11 Å². The molecule has 3 heterocycles. The van der Waals surface area contributed by atoms with Crippen molar-refractivity contribution >= 4 is 0 Å². The van der Waals surface area contributed by atoms with Crippen molar-refractivity contribution in [3.05, 3.63) is 28.9 Å². The summed E-state index contributed by atoms with van der Waals surface area (Å²) in [6.07, 6.45) is 2.64. The molecule has 2 aliphatic rings. The van der Waals surface area contributed by atoms with E-state index in [9.17, 15) is 0 Å². The van der Waals surface area contributed by atoms with Gasteiger partial charge in [-0.05, 0) is 25.7 Å². The molecular weight excluding hydrogens is 294 g/mol. The number of ether oxygens (including phenoxy) is 1. The topological polar surface area (TPSA) is 69.2 Å². The maximum absolute atomic E-state index is 5.46. The normalized spacial score (nSPS) is 21.6. The molecule has 1 aliphatic carbocycles. The highest BCUT2D eigenvalue weighted by Gasteiger charge is 2.33. The maximum Gasteiger partial charge on any atom is 0.133 e. The Morgan fingerprint density at radius 3 is 2.96 bits per heavy atom. The zero-order valence-electron chi connectivity index (χ0n) is 13.7. The number of methoxy groups -OCH3 is 1. The van der Waals surface area contributed by atoms with Crippen LogP contribution in [0.5, 0.6) is 0 Å². The molecule has 23 heavy (non-hydrogen) atoms. The van der Waals surface area contributed by atoms with Crippen LogP contribution in [0, 0.1) is 12.8 Å². The van der Waals surface area contributed by atoms with Crippen molar-refractivity contribution in [3.63, 3.8) is 0 Å². The molecule has 124 valence electrons. The molecule has 0 N–H and O–H groups in total. The predicted molar refractivity (Wildman–Crippen MR) is 82.7 cm³/mol. The third-order valence-corrected chi connectivity index (χ3v) is 4.64. The molecule has 2 aromatic rings. The third-order valence-electron chi connectivity index (χ3n) is 4.64. The summed E-state index contributed by atoms with van der Waals surface area (Å²) in [6.45, 7) is 6.13. The summed E-state index contributed by atoms with van der Waals surface area (Å²) in [5.74, 6) is 1.95. The second kappa shape index (κ2) is 6.05. The zero-order valence-corrected chi connectivity index (χ0v) is 13.7. The first-order valence-corrected chi connectivity index (χ1v) is 8.28. The minimum atomic E-state index is 0.311. The van der Waals surface area contributed by atoms with Crippen LogP contribution in [0.15, 0.2) is 10.6 Å². The number of hydrogen-bond acceptors (Lipinski definition) is 6. The highest BCUT2D eigenvalue weighted by Crippen LogP contribution is 2.34. The number of nitrogens with zero attached hydrogens (tertiary/aromatic N) is 5. The van der Waals surface area contributed by atoms with E-state index in [2.05, 4.69) is 25.1 Å². The average Bonchev–Trinajstić information content (AvgIpc) is 3.11. The van der Waals surface area contributed by atoms with Crippen molar-refractivity contribution in [2.75, 3.05) is 20.3 Å². The molecule has 1 aliphatic heterocycles. The van der Waals surface area contributed by atoms with Gasteiger partial charge in [-0.2, -0.15) is 0 Å². The molecule has 0 amide bonds. The summed E-state index contributed by atoms with van der Waals surface area (Å²) in [5.41, 5.74) is 3.32. The minimum Gasteiger partial charge on any atom is -0.384 e. The SMILES string of the molecule is COCC1CN(Cc2cc(C)on2)Cc2nnn(CC3CC3)c21. The minimum absolute atomic E-state index is 0.311. The lowest BCUT2D eigenvalue weighted by molar-refractivity contribution is 0.130. The Bertz CT molecular complexity index is 676. The lowest BCUT2D eigenvalue weighted by atomic mass is 9.98. The quantitative estimate of drug-likeness (QED) is 0.808. The fourth-order valence-electron chi connectivity index (χ4n) is 3.44. The Kier molecular flexibility index (Phi) is 3.90. The molecular formula is C16H23N5O2. The summed E-state index contributed by atoms with van der Waals surface area (Å²) in [5, 5.41) is 12.9. The van der Waals surface area contributed by atoms with Gasteiger partial charge in [0.05, 0.1) is 18.0 Å². The second-order valence-electron chi connectivity index (χ2n) is 6.80. The first-order chi connectivity index (χ1) is 11.2. The van der Waals surface area contributed by atoms with Crippen molar-refractivity contribution in [2.45, 2.75) is 45.3 Å². The first kappa shape index (κ1) is 14.8. The standard InChI is InChI=1S/C16H23N5O2/c1-11-5-14(18-23-11)8-20-7-13(10-22-2)16-15(9-20)17-19-21(16)6-12-3-4-12/h5,12-13H,3-4,6-10H2,1-2H3. The Balaban J connectivity index is 1.54. The fraction of sp³-hybridized carbons (Fsp3) is 0.688. The van der Waals surface area contributed by atoms with E-state index < -0.39 is 0 Å². The average molecular weight is 317 g/mol. The summed E-state index contributed by atoms with van der Waals surface area (Å²) in [6, 6.07) is 1.99. The van der Waals surface area contributed by atoms with Crippen LogP contribution in [0.25, 0.3) is 0 Å². The monoisotopic (exact) mass is 317 g/mol. The van der Waals surface area contributed by atoms with Crippen molar-refractivity contribution in [2.24, 2.45) is 5.92 Å². The molecule has 0 radical (unpaired) electrons. The van der Waals surface area contributed by atoms with Gasteiger partial charge in [-0.3, -0.25) is 4.90 Å². The van der Waals surface area contributed by atoms with Crippen LogP contribution >= 0.6 is 0 Å². The lowest BCUT2D eigenvalue weighted by Gasteiger charge is -2.31. The smallest absolute Gasteiger partial charge is 0.133 e. The summed E-state index contributed by atoms with van der Waals surface area (Å²) < 4.78 is 12.7. The predicted octanol–water partition coefficient (Wildman–Crippen LogP) is 1.73. The Morgan fingerprint density at radius 1 is 1.39 bits per heavy atom. The number of hydrogen-bond donors (Lipinski definition) is 0. The van der Waals surface area contributed by atoms with Gasteiger partial charge in [0, 0.05) is 45.3 Å². The van der Waals surface area contributed by atoms with Gasteiger partial charge in [-0.25, -0.2) is 4.68 Å². The van der Waals surface area contributed by atoms with E-state index in [-0.39, 0.29) is 0 Å². The molecule has 1 fully saturated rings. The van der Waals surface area contributed by atoms with Crippen molar-refractivity contribution in [3.8, 4) is 0 Å². The summed E-state index contributed by atoms with van der Waals surface area (Å²) in [4.78, 5) is 2.35. The van der Waals surface area contributed by atoms with Gasteiger partial charge < -0.3 is 9.26 Å². The van der Waals surface area contributed by atoms with Crippen molar-refractivity contribution in [1.82, 2.24) is 25.1 Å². The first-order valence-electron chi connectivity index (χ1n) is 8.28. The van der Waals surface area contributed by atoms with Crippen LogP contribution in [0.4, 0.5) is 0 Å². The van der Waals surface area contributed by atoms with Gasteiger partial charge >= 0.3 is 0 Å². The molecule has 0 aromatic carbocycles. The van der Waals surface area contributed by atoms with Gasteiger partial charge in [0.1, 0.15) is 11.5 Å².